The molecule has 0 aromatic heterocycles. The van der Waals surface area contributed by atoms with E-state index in [4.69, 9.17) is 0 Å². The van der Waals surface area contributed by atoms with E-state index in [-0.39, 0.29) is 11.8 Å². The zero-order valence-electron chi connectivity index (χ0n) is 12.2. The first-order valence-corrected chi connectivity index (χ1v) is 7.40. The van der Waals surface area contributed by atoms with Gasteiger partial charge in [-0.3, -0.25) is 4.79 Å². The molecular weight excluding hydrogens is 260 g/mol. The van der Waals surface area contributed by atoms with E-state index < -0.39 is 0 Å². The van der Waals surface area contributed by atoms with Crippen LogP contribution in [-0.2, 0) is 11.3 Å². The van der Waals surface area contributed by atoms with Gasteiger partial charge in [0.05, 0.1) is 5.92 Å². The first kappa shape index (κ1) is 13.7. The zero-order valence-corrected chi connectivity index (χ0v) is 12.2. The molecule has 0 aliphatic carbocycles. The molecule has 1 heterocycles. The van der Waals surface area contributed by atoms with Crippen molar-refractivity contribution in [2.45, 2.75) is 25.8 Å². The molecule has 0 fully saturated rings. The molecule has 1 amide bonds. The summed E-state index contributed by atoms with van der Waals surface area (Å²) in [5.41, 5.74) is 4.55. The van der Waals surface area contributed by atoms with Gasteiger partial charge in [0.1, 0.15) is 0 Å². The van der Waals surface area contributed by atoms with Gasteiger partial charge < -0.3 is 10.6 Å². The van der Waals surface area contributed by atoms with E-state index in [2.05, 4.69) is 29.7 Å². The molecule has 2 N–H and O–H groups in total. The van der Waals surface area contributed by atoms with Crippen LogP contribution in [-0.4, -0.2) is 12.5 Å². The number of rotatable bonds is 3. The maximum absolute atomic E-state index is 12.5. The van der Waals surface area contributed by atoms with E-state index >= 15 is 0 Å². The Bertz CT molecular complexity index is 651. The summed E-state index contributed by atoms with van der Waals surface area (Å²) in [6.45, 7) is 3.50. The molecule has 0 radical (unpaired) electrons. The van der Waals surface area contributed by atoms with Crippen molar-refractivity contribution in [3.63, 3.8) is 0 Å². The fourth-order valence-electron chi connectivity index (χ4n) is 2.88. The number of aryl methyl sites for hydroxylation is 1. The second-order valence-electron chi connectivity index (χ2n) is 5.56. The van der Waals surface area contributed by atoms with Gasteiger partial charge in [-0.25, -0.2) is 0 Å². The topological polar surface area (TPSA) is 41.1 Å². The summed E-state index contributed by atoms with van der Waals surface area (Å²) in [5.74, 6) is 0.0673. The number of carbonyl (C=O) groups is 1. The lowest BCUT2D eigenvalue weighted by Gasteiger charge is -2.25. The summed E-state index contributed by atoms with van der Waals surface area (Å²) in [4.78, 5) is 12.5. The molecule has 0 saturated heterocycles. The first-order chi connectivity index (χ1) is 10.2. The average molecular weight is 280 g/mol. The third-order valence-electron chi connectivity index (χ3n) is 3.95. The molecule has 3 heteroatoms. The molecule has 0 saturated carbocycles. The van der Waals surface area contributed by atoms with Crippen molar-refractivity contribution in [1.82, 2.24) is 5.32 Å². The van der Waals surface area contributed by atoms with Gasteiger partial charge in [-0.15, -0.1) is 0 Å². The van der Waals surface area contributed by atoms with Gasteiger partial charge >= 0.3 is 0 Å². The fraction of sp³-hybridized carbons (Fsp3) is 0.278. The molecule has 2 aromatic carbocycles. The van der Waals surface area contributed by atoms with Crippen LogP contribution in [0.4, 0.5) is 5.69 Å². The molecule has 0 spiro atoms. The summed E-state index contributed by atoms with van der Waals surface area (Å²) in [5, 5.41) is 6.42. The third kappa shape index (κ3) is 3.07. The van der Waals surface area contributed by atoms with Gasteiger partial charge in [-0.2, -0.15) is 0 Å². The van der Waals surface area contributed by atoms with Crippen LogP contribution < -0.4 is 10.6 Å². The molecule has 108 valence electrons. The largest absolute Gasteiger partial charge is 0.385 e. The second-order valence-corrected chi connectivity index (χ2v) is 5.56. The predicted molar refractivity (Wildman–Crippen MR) is 85.3 cm³/mol. The Hall–Kier alpha value is -2.29. The highest BCUT2D eigenvalue weighted by molar-refractivity contribution is 5.86. The molecule has 1 atom stereocenters. The lowest BCUT2D eigenvalue weighted by Crippen LogP contribution is -2.32. The summed E-state index contributed by atoms with van der Waals surface area (Å²) in [6, 6.07) is 16.3. The van der Waals surface area contributed by atoms with Gasteiger partial charge in [-0.05, 0) is 30.5 Å². The third-order valence-corrected chi connectivity index (χ3v) is 3.95. The van der Waals surface area contributed by atoms with Crippen molar-refractivity contribution in [1.29, 1.82) is 0 Å². The van der Waals surface area contributed by atoms with Crippen molar-refractivity contribution in [2.75, 3.05) is 11.9 Å². The second kappa shape index (κ2) is 6.00. The van der Waals surface area contributed by atoms with Crippen molar-refractivity contribution < 1.29 is 4.79 Å². The quantitative estimate of drug-likeness (QED) is 0.906. The summed E-state index contributed by atoms with van der Waals surface area (Å²) in [6.07, 6.45) is 0.844. The number of amides is 1. The maximum Gasteiger partial charge on any atom is 0.227 e. The monoisotopic (exact) mass is 280 g/mol. The Kier molecular flexibility index (Phi) is 3.91. The normalized spacial score (nSPS) is 16.7. The highest BCUT2D eigenvalue weighted by Crippen LogP contribution is 2.31. The number of hydrogen-bond donors (Lipinski definition) is 2. The van der Waals surface area contributed by atoms with Crippen LogP contribution in [0.1, 0.15) is 29.0 Å². The number of fused-ring (bicyclic) bond motifs is 1. The fourth-order valence-corrected chi connectivity index (χ4v) is 2.88. The molecule has 1 aliphatic heterocycles. The summed E-state index contributed by atoms with van der Waals surface area (Å²) < 4.78 is 0. The van der Waals surface area contributed by atoms with Gasteiger partial charge in [0.15, 0.2) is 0 Å². The number of carbonyl (C=O) groups excluding carboxylic acids is 1. The van der Waals surface area contributed by atoms with E-state index in [1.807, 2.05) is 36.4 Å². The van der Waals surface area contributed by atoms with Crippen LogP contribution in [0.25, 0.3) is 0 Å². The molecule has 3 rings (SSSR count). The zero-order chi connectivity index (χ0) is 14.7. The molecular formula is C18H20N2O. The lowest BCUT2D eigenvalue weighted by molar-refractivity contribution is -0.122. The van der Waals surface area contributed by atoms with Gasteiger partial charge in [0.2, 0.25) is 5.91 Å². The minimum Gasteiger partial charge on any atom is -0.385 e. The lowest BCUT2D eigenvalue weighted by atomic mass is 9.90. The maximum atomic E-state index is 12.5. The molecule has 2 aromatic rings. The van der Waals surface area contributed by atoms with Crippen molar-refractivity contribution in [3.8, 4) is 0 Å². The Labute approximate surface area is 125 Å². The number of para-hydroxylation sites is 1. The van der Waals surface area contributed by atoms with Crippen molar-refractivity contribution in [2.24, 2.45) is 0 Å². The Morgan fingerprint density at radius 1 is 1.24 bits per heavy atom. The van der Waals surface area contributed by atoms with Crippen molar-refractivity contribution >= 4 is 11.6 Å². The number of nitrogens with one attached hydrogen (secondary N) is 2. The van der Waals surface area contributed by atoms with Crippen LogP contribution in [0.2, 0.25) is 0 Å². The Morgan fingerprint density at radius 2 is 2.10 bits per heavy atom. The molecule has 3 nitrogen and oxygen atoms in total. The molecule has 0 bridgehead atoms. The van der Waals surface area contributed by atoms with Crippen LogP contribution in [0, 0.1) is 6.92 Å². The van der Waals surface area contributed by atoms with Gasteiger partial charge in [-0.1, -0.05) is 48.0 Å². The molecule has 21 heavy (non-hydrogen) atoms. The predicted octanol–water partition coefficient (Wildman–Crippen LogP) is 3.21. The van der Waals surface area contributed by atoms with E-state index in [1.54, 1.807) is 0 Å². The molecule has 1 unspecified atom stereocenters. The van der Waals surface area contributed by atoms with Crippen LogP contribution in [0.15, 0.2) is 48.5 Å². The van der Waals surface area contributed by atoms with Crippen molar-refractivity contribution in [3.05, 3.63) is 65.2 Å². The molecule has 1 aliphatic rings. The van der Waals surface area contributed by atoms with Gasteiger partial charge in [0, 0.05) is 18.8 Å². The van der Waals surface area contributed by atoms with E-state index in [1.165, 1.54) is 5.56 Å². The Balaban J connectivity index is 1.69. The SMILES string of the molecule is Cc1cccc(CNC(=O)C2CCNc3ccccc32)c1. The Morgan fingerprint density at radius 3 is 2.95 bits per heavy atom. The minimum absolute atomic E-state index is 0.0488. The summed E-state index contributed by atoms with van der Waals surface area (Å²) in [7, 11) is 0. The van der Waals surface area contributed by atoms with E-state index in [0.29, 0.717) is 6.54 Å². The van der Waals surface area contributed by atoms with Crippen LogP contribution >= 0.6 is 0 Å². The van der Waals surface area contributed by atoms with Crippen LogP contribution in [0.3, 0.4) is 0 Å². The smallest absolute Gasteiger partial charge is 0.227 e. The standard InChI is InChI=1S/C18H20N2O/c1-13-5-4-6-14(11-13)12-20-18(21)16-9-10-19-17-8-3-2-7-15(16)17/h2-8,11,16,19H,9-10,12H2,1H3,(H,20,21). The number of anilines is 1. The van der Waals surface area contributed by atoms with E-state index in [0.717, 1.165) is 29.8 Å². The number of benzene rings is 2. The van der Waals surface area contributed by atoms with Gasteiger partial charge in [0.25, 0.3) is 0 Å². The summed E-state index contributed by atoms with van der Waals surface area (Å²) >= 11 is 0. The minimum atomic E-state index is -0.0488. The first-order valence-electron chi connectivity index (χ1n) is 7.40. The number of hydrogen-bond acceptors (Lipinski definition) is 2. The highest BCUT2D eigenvalue weighted by atomic mass is 16.1. The average Bonchev–Trinajstić information content (AvgIpc) is 2.52. The van der Waals surface area contributed by atoms with Crippen LogP contribution in [0.5, 0.6) is 0 Å². The highest BCUT2D eigenvalue weighted by Gasteiger charge is 2.25. The van der Waals surface area contributed by atoms with E-state index in [9.17, 15) is 4.79 Å².